The molecule has 1 aromatic carbocycles. The largest absolute Gasteiger partial charge is 0.416 e. The number of benzene rings is 1. The van der Waals surface area contributed by atoms with E-state index in [-0.39, 0.29) is 24.0 Å². The van der Waals surface area contributed by atoms with E-state index in [1.54, 1.807) is 0 Å². The van der Waals surface area contributed by atoms with Crippen molar-refractivity contribution < 1.29 is 26.3 Å². The molecule has 1 atom stereocenters. The topological polar surface area (TPSA) is 12.0 Å². The van der Waals surface area contributed by atoms with Gasteiger partial charge < -0.3 is 5.32 Å². The Bertz CT molecular complexity index is 444. The van der Waals surface area contributed by atoms with Crippen LogP contribution in [0.3, 0.4) is 0 Å². The van der Waals surface area contributed by atoms with Crippen LogP contribution in [0.2, 0.25) is 0 Å². The van der Waals surface area contributed by atoms with Gasteiger partial charge in [0.15, 0.2) is 0 Å². The van der Waals surface area contributed by atoms with E-state index in [1.807, 2.05) is 0 Å². The van der Waals surface area contributed by atoms with Gasteiger partial charge in [-0.1, -0.05) is 6.42 Å². The molecular weight excluding hydrogens is 320 g/mol. The number of halogens is 7. The van der Waals surface area contributed by atoms with E-state index in [4.69, 9.17) is 0 Å². The molecular formula is C13H14ClF6N. The van der Waals surface area contributed by atoms with E-state index in [1.165, 1.54) is 0 Å². The van der Waals surface area contributed by atoms with Gasteiger partial charge in [-0.15, -0.1) is 12.4 Å². The van der Waals surface area contributed by atoms with Crippen LogP contribution in [-0.2, 0) is 12.4 Å². The molecule has 1 nitrogen and oxygen atoms in total. The van der Waals surface area contributed by atoms with Gasteiger partial charge in [0, 0.05) is 6.04 Å². The summed E-state index contributed by atoms with van der Waals surface area (Å²) in [7, 11) is 0. The maximum atomic E-state index is 12.7. The highest BCUT2D eigenvalue weighted by atomic mass is 35.5. The van der Waals surface area contributed by atoms with E-state index >= 15 is 0 Å². The van der Waals surface area contributed by atoms with Crippen molar-refractivity contribution >= 4 is 12.4 Å². The first-order valence-corrected chi connectivity index (χ1v) is 6.21. The zero-order valence-corrected chi connectivity index (χ0v) is 11.6. The Labute approximate surface area is 124 Å². The normalized spacial score (nSPS) is 20.0. The average Bonchev–Trinajstić information content (AvgIpc) is 2.37. The SMILES string of the molecule is Cl.FC(F)(F)c1cc([C@@H]2CCCCN2)cc(C(F)(F)F)c1. The Morgan fingerprint density at radius 1 is 0.857 bits per heavy atom. The standard InChI is InChI=1S/C13H13F6N.ClH/c14-12(15,16)9-5-8(11-3-1-2-4-20-11)6-10(7-9)13(17,18)19;/h5-7,11,20H,1-4H2;1H/t11-;/m0./s1. The van der Waals surface area contributed by atoms with E-state index in [0.29, 0.717) is 13.0 Å². The van der Waals surface area contributed by atoms with Crippen molar-refractivity contribution in [2.45, 2.75) is 37.7 Å². The Morgan fingerprint density at radius 2 is 1.38 bits per heavy atom. The first kappa shape index (κ1) is 18.1. The Hall–Kier alpha value is -0.950. The summed E-state index contributed by atoms with van der Waals surface area (Å²) in [5.74, 6) is 0. The van der Waals surface area contributed by atoms with Crippen LogP contribution in [0.5, 0.6) is 0 Å². The lowest BCUT2D eigenvalue weighted by atomic mass is 9.94. The van der Waals surface area contributed by atoms with Gasteiger partial charge in [-0.25, -0.2) is 0 Å². The molecule has 0 radical (unpaired) electrons. The van der Waals surface area contributed by atoms with Crippen molar-refractivity contribution in [3.05, 3.63) is 34.9 Å². The predicted octanol–water partition coefficient (Wildman–Crippen LogP) is 4.96. The van der Waals surface area contributed by atoms with Crippen LogP contribution >= 0.6 is 12.4 Å². The minimum atomic E-state index is -4.79. The Balaban J connectivity index is 0.00000220. The van der Waals surface area contributed by atoms with Crippen molar-refractivity contribution in [1.29, 1.82) is 0 Å². The first-order valence-electron chi connectivity index (χ1n) is 6.21. The minimum Gasteiger partial charge on any atom is -0.310 e. The van der Waals surface area contributed by atoms with Gasteiger partial charge in [-0.05, 0) is 43.1 Å². The molecule has 0 unspecified atom stereocenters. The summed E-state index contributed by atoms with van der Waals surface area (Å²) in [5.41, 5.74) is -2.46. The van der Waals surface area contributed by atoms with Crippen molar-refractivity contribution in [1.82, 2.24) is 5.32 Å². The smallest absolute Gasteiger partial charge is 0.310 e. The molecule has 1 aromatic rings. The molecule has 0 aromatic heterocycles. The number of hydrogen-bond donors (Lipinski definition) is 1. The lowest BCUT2D eigenvalue weighted by molar-refractivity contribution is -0.143. The Morgan fingerprint density at radius 3 is 1.76 bits per heavy atom. The summed E-state index contributed by atoms with van der Waals surface area (Å²) in [4.78, 5) is 0. The van der Waals surface area contributed by atoms with Gasteiger partial charge in [0.05, 0.1) is 11.1 Å². The number of nitrogens with one attached hydrogen (secondary N) is 1. The van der Waals surface area contributed by atoms with Crippen LogP contribution in [0.1, 0.15) is 42.0 Å². The molecule has 21 heavy (non-hydrogen) atoms. The summed E-state index contributed by atoms with van der Waals surface area (Å²) < 4.78 is 76.3. The third-order valence-corrected chi connectivity index (χ3v) is 3.32. The van der Waals surface area contributed by atoms with Gasteiger partial charge in [-0.3, -0.25) is 0 Å². The van der Waals surface area contributed by atoms with Crippen molar-refractivity contribution in [2.24, 2.45) is 0 Å². The maximum absolute atomic E-state index is 12.7. The summed E-state index contributed by atoms with van der Waals surface area (Å²) in [5, 5.41) is 2.96. The zero-order chi connectivity index (χ0) is 15.0. The number of alkyl halides is 6. The minimum absolute atomic E-state index is 0. The molecule has 2 rings (SSSR count). The van der Waals surface area contributed by atoms with Crippen LogP contribution in [0.25, 0.3) is 0 Å². The van der Waals surface area contributed by atoms with E-state index in [0.717, 1.165) is 25.0 Å². The molecule has 1 N–H and O–H groups in total. The quantitative estimate of drug-likeness (QED) is 0.716. The molecule has 8 heteroatoms. The highest BCUT2D eigenvalue weighted by Gasteiger charge is 2.37. The summed E-state index contributed by atoms with van der Waals surface area (Å²) in [6.07, 6.45) is -7.37. The molecule has 0 amide bonds. The highest BCUT2D eigenvalue weighted by Crippen LogP contribution is 2.38. The molecule has 0 aliphatic carbocycles. The van der Waals surface area contributed by atoms with Gasteiger partial charge >= 0.3 is 12.4 Å². The van der Waals surface area contributed by atoms with Crippen LogP contribution in [-0.4, -0.2) is 6.54 Å². The predicted molar refractivity (Wildman–Crippen MR) is 68.3 cm³/mol. The second kappa shape index (κ2) is 6.44. The molecule has 1 fully saturated rings. The molecule has 1 saturated heterocycles. The molecule has 0 saturated carbocycles. The number of hydrogen-bond acceptors (Lipinski definition) is 1. The fourth-order valence-corrected chi connectivity index (χ4v) is 2.32. The molecule has 0 bridgehead atoms. The Kier molecular flexibility index (Phi) is 5.55. The summed E-state index contributed by atoms with van der Waals surface area (Å²) >= 11 is 0. The fraction of sp³-hybridized carbons (Fsp3) is 0.538. The van der Waals surface area contributed by atoms with Gasteiger partial charge in [0.25, 0.3) is 0 Å². The molecule has 1 aliphatic rings. The monoisotopic (exact) mass is 333 g/mol. The third-order valence-electron chi connectivity index (χ3n) is 3.32. The van der Waals surface area contributed by atoms with Crippen LogP contribution < -0.4 is 5.32 Å². The van der Waals surface area contributed by atoms with Crippen molar-refractivity contribution in [3.8, 4) is 0 Å². The fourth-order valence-electron chi connectivity index (χ4n) is 2.32. The van der Waals surface area contributed by atoms with Gasteiger partial charge in [0.2, 0.25) is 0 Å². The summed E-state index contributed by atoms with van der Waals surface area (Å²) in [6.45, 7) is 0.599. The third kappa shape index (κ3) is 4.51. The van der Waals surface area contributed by atoms with Crippen LogP contribution in [0.15, 0.2) is 18.2 Å². The van der Waals surface area contributed by atoms with Gasteiger partial charge in [-0.2, -0.15) is 26.3 Å². The van der Waals surface area contributed by atoms with Crippen LogP contribution in [0.4, 0.5) is 26.3 Å². The lowest BCUT2D eigenvalue weighted by Gasteiger charge is -2.25. The number of rotatable bonds is 1. The van der Waals surface area contributed by atoms with Crippen LogP contribution in [0, 0.1) is 0 Å². The molecule has 1 heterocycles. The zero-order valence-electron chi connectivity index (χ0n) is 10.8. The highest BCUT2D eigenvalue weighted by molar-refractivity contribution is 5.85. The summed E-state index contributed by atoms with van der Waals surface area (Å²) in [6, 6.07) is 1.31. The van der Waals surface area contributed by atoms with Gasteiger partial charge in [0.1, 0.15) is 0 Å². The average molecular weight is 334 g/mol. The van der Waals surface area contributed by atoms with E-state index < -0.39 is 29.5 Å². The molecule has 1 aliphatic heterocycles. The number of piperidine rings is 1. The van der Waals surface area contributed by atoms with E-state index in [9.17, 15) is 26.3 Å². The molecule has 0 spiro atoms. The lowest BCUT2D eigenvalue weighted by Crippen LogP contribution is -2.27. The van der Waals surface area contributed by atoms with Crippen molar-refractivity contribution in [2.75, 3.05) is 6.54 Å². The van der Waals surface area contributed by atoms with E-state index in [2.05, 4.69) is 5.32 Å². The maximum Gasteiger partial charge on any atom is 0.416 e. The first-order chi connectivity index (χ1) is 9.18. The molecule has 120 valence electrons. The second-order valence-corrected chi connectivity index (χ2v) is 4.84. The second-order valence-electron chi connectivity index (χ2n) is 4.84. The van der Waals surface area contributed by atoms with Crippen molar-refractivity contribution in [3.63, 3.8) is 0 Å².